The first-order chi connectivity index (χ1) is 15.0. The van der Waals surface area contributed by atoms with E-state index >= 15 is 0 Å². The van der Waals surface area contributed by atoms with Crippen molar-refractivity contribution >= 4 is 29.2 Å². The zero-order chi connectivity index (χ0) is 22.4. The highest BCUT2D eigenvalue weighted by atomic mass is 16.5. The van der Waals surface area contributed by atoms with Crippen LogP contribution in [0.3, 0.4) is 0 Å². The Morgan fingerprint density at radius 1 is 1.03 bits per heavy atom. The molecule has 0 saturated carbocycles. The number of carbonyl (C=O) groups is 2. The topological polar surface area (TPSA) is 82.9 Å². The summed E-state index contributed by atoms with van der Waals surface area (Å²) in [5.74, 6) is -0.154. The standard InChI is InChI=1S/C24H23N3O4/c1-4-30-22-12-8-5-9-17(22)13-14-23(29)31-16-21(28)18(15-25)24-26(2)19-10-6-7-11-20(19)27(24)3/h5-14H,4,16H2,1-3H3/b14-13+. The molecule has 1 aliphatic rings. The number of benzene rings is 2. The number of Topliss-reactive ketones (excluding diaryl/α,β-unsaturated/α-hetero) is 1. The Bertz CT molecular complexity index is 1070. The zero-order valence-electron chi connectivity index (χ0n) is 17.7. The van der Waals surface area contributed by atoms with Crippen molar-refractivity contribution in [3.63, 3.8) is 0 Å². The van der Waals surface area contributed by atoms with E-state index in [-0.39, 0.29) is 5.57 Å². The van der Waals surface area contributed by atoms with E-state index in [2.05, 4.69) is 0 Å². The van der Waals surface area contributed by atoms with Crippen LogP contribution in [-0.4, -0.2) is 39.1 Å². The minimum atomic E-state index is -0.682. The first-order valence-electron chi connectivity index (χ1n) is 9.78. The fourth-order valence-electron chi connectivity index (χ4n) is 3.38. The molecule has 0 fully saturated rings. The second-order valence-corrected chi connectivity index (χ2v) is 6.75. The average Bonchev–Trinajstić information content (AvgIpc) is 3.03. The Morgan fingerprint density at radius 3 is 2.26 bits per heavy atom. The summed E-state index contributed by atoms with van der Waals surface area (Å²) < 4.78 is 10.6. The van der Waals surface area contributed by atoms with Gasteiger partial charge in [0.25, 0.3) is 0 Å². The maximum absolute atomic E-state index is 12.7. The minimum absolute atomic E-state index is 0.0697. The molecule has 1 aliphatic heterocycles. The number of fused-ring (bicyclic) bond motifs is 1. The number of hydrogen-bond acceptors (Lipinski definition) is 7. The van der Waals surface area contributed by atoms with E-state index in [1.54, 1.807) is 36.0 Å². The molecule has 2 aromatic rings. The van der Waals surface area contributed by atoms with Gasteiger partial charge in [0.1, 0.15) is 23.2 Å². The fraction of sp³-hybridized carbons (Fsp3) is 0.208. The van der Waals surface area contributed by atoms with Crippen molar-refractivity contribution in [2.24, 2.45) is 0 Å². The molecule has 0 aromatic heterocycles. The van der Waals surface area contributed by atoms with E-state index in [0.717, 1.165) is 16.9 Å². The molecular formula is C24H23N3O4. The SMILES string of the molecule is CCOc1ccccc1/C=C/C(=O)OCC(=O)C(C#N)=C1N(C)c2ccccc2N1C. The molecule has 0 aliphatic carbocycles. The van der Waals surface area contributed by atoms with Crippen LogP contribution in [0.25, 0.3) is 6.08 Å². The third kappa shape index (κ3) is 4.59. The summed E-state index contributed by atoms with van der Waals surface area (Å²) in [6.45, 7) is 1.85. The molecule has 2 aromatic carbocycles. The number of nitrogens with zero attached hydrogens (tertiary/aromatic N) is 3. The van der Waals surface area contributed by atoms with Crippen LogP contribution < -0.4 is 14.5 Å². The summed E-state index contributed by atoms with van der Waals surface area (Å²) in [7, 11) is 3.57. The van der Waals surface area contributed by atoms with Crippen LogP contribution in [0, 0.1) is 11.3 Å². The number of carbonyl (C=O) groups excluding carboxylic acids is 2. The predicted molar refractivity (Wildman–Crippen MR) is 118 cm³/mol. The Morgan fingerprint density at radius 2 is 1.65 bits per heavy atom. The quantitative estimate of drug-likeness (QED) is 0.387. The molecule has 158 valence electrons. The molecule has 0 spiro atoms. The third-order valence-corrected chi connectivity index (χ3v) is 4.82. The van der Waals surface area contributed by atoms with Crippen molar-refractivity contribution in [3.05, 3.63) is 71.6 Å². The number of ether oxygens (including phenoxy) is 2. The molecule has 1 heterocycles. The van der Waals surface area contributed by atoms with Gasteiger partial charge >= 0.3 is 5.97 Å². The Kier molecular flexibility index (Phi) is 6.73. The number of ketones is 1. The third-order valence-electron chi connectivity index (χ3n) is 4.82. The second kappa shape index (κ2) is 9.63. The van der Waals surface area contributed by atoms with Gasteiger partial charge in [-0.15, -0.1) is 0 Å². The Balaban J connectivity index is 1.70. The van der Waals surface area contributed by atoms with E-state index in [1.807, 2.05) is 55.5 Å². The lowest BCUT2D eigenvalue weighted by Gasteiger charge is -2.19. The zero-order valence-corrected chi connectivity index (χ0v) is 17.7. The number of hydrogen-bond donors (Lipinski definition) is 0. The van der Waals surface area contributed by atoms with Crippen molar-refractivity contribution in [1.82, 2.24) is 0 Å². The van der Waals surface area contributed by atoms with Crippen molar-refractivity contribution in [2.45, 2.75) is 6.92 Å². The summed E-state index contributed by atoms with van der Waals surface area (Å²) >= 11 is 0. The van der Waals surface area contributed by atoms with Gasteiger partial charge < -0.3 is 19.3 Å². The average molecular weight is 417 g/mol. The highest BCUT2D eigenvalue weighted by Crippen LogP contribution is 2.40. The smallest absolute Gasteiger partial charge is 0.331 e. The molecule has 7 heteroatoms. The molecule has 0 amide bonds. The monoisotopic (exact) mass is 417 g/mol. The van der Waals surface area contributed by atoms with Gasteiger partial charge in [-0.2, -0.15) is 5.26 Å². The molecule has 0 N–H and O–H groups in total. The maximum atomic E-state index is 12.7. The number of para-hydroxylation sites is 3. The first kappa shape index (κ1) is 21.7. The van der Waals surface area contributed by atoms with E-state index in [4.69, 9.17) is 9.47 Å². The van der Waals surface area contributed by atoms with Gasteiger partial charge in [-0.05, 0) is 31.2 Å². The Hall–Kier alpha value is -4.05. The molecular weight excluding hydrogens is 394 g/mol. The lowest BCUT2D eigenvalue weighted by Crippen LogP contribution is -2.27. The number of nitriles is 1. The van der Waals surface area contributed by atoms with E-state index in [9.17, 15) is 14.9 Å². The normalized spacial score (nSPS) is 12.5. The number of rotatable bonds is 7. The predicted octanol–water partition coefficient (Wildman–Crippen LogP) is 3.53. The van der Waals surface area contributed by atoms with Gasteiger partial charge in [0.05, 0.1) is 18.0 Å². The van der Waals surface area contributed by atoms with E-state index in [0.29, 0.717) is 18.2 Å². The molecule has 0 bridgehead atoms. The summed E-state index contributed by atoms with van der Waals surface area (Å²) in [6, 6.07) is 16.8. The van der Waals surface area contributed by atoms with Crippen LogP contribution in [0.5, 0.6) is 5.75 Å². The molecule has 3 rings (SSSR count). The highest BCUT2D eigenvalue weighted by molar-refractivity contribution is 6.04. The lowest BCUT2D eigenvalue weighted by molar-refractivity contribution is -0.141. The summed E-state index contributed by atoms with van der Waals surface area (Å²) in [4.78, 5) is 28.3. The van der Waals surface area contributed by atoms with Gasteiger partial charge in [0.2, 0.25) is 5.78 Å². The van der Waals surface area contributed by atoms with Crippen molar-refractivity contribution in [3.8, 4) is 11.8 Å². The summed E-state index contributed by atoms with van der Waals surface area (Å²) in [6.07, 6.45) is 2.80. The molecule has 31 heavy (non-hydrogen) atoms. The molecule has 0 saturated heterocycles. The maximum Gasteiger partial charge on any atom is 0.331 e. The van der Waals surface area contributed by atoms with Crippen LogP contribution in [0.4, 0.5) is 11.4 Å². The van der Waals surface area contributed by atoms with Crippen LogP contribution in [0.15, 0.2) is 66.0 Å². The Labute approximate surface area is 181 Å². The van der Waals surface area contributed by atoms with Gasteiger partial charge in [0.15, 0.2) is 6.61 Å². The summed E-state index contributed by atoms with van der Waals surface area (Å²) in [5, 5.41) is 9.62. The minimum Gasteiger partial charge on any atom is -0.493 e. The van der Waals surface area contributed by atoms with Crippen LogP contribution >= 0.6 is 0 Å². The summed E-state index contributed by atoms with van der Waals surface area (Å²) in [5.41, 5.74) is 2.42. The number of anilines is 2. The fourth-order valence-corrected chi connectivity index (χ4v) is 3.38. The van der Waals surface area contributed by atoms with Crippen molar-refractivity contribution in [1.29, 1.82) is 5.26 Å². The van der Waals surface area contributed by atoms with Gasteiger partial charge in [-0.25, -0.2) is 4.79 Å². The molecule has 0 atom stereocenters. The molecule has 0 unspecified atom stereocenters. The first-order valence-corrected chi connectivity index (χ1v) is 9.78. The number of esters is 1. The highest BCUT2D eigenvalue weighted by Gasteiger charge is 2.31. The second-order valence-electron chi connectivity index (χ2n) is 6.75. The molecule has 7 nitrogen and oxygen atoms in total. The van der Waals surface area contributed by atoms with Crippen molar-refractivity contribution in [2.75, 3.05) is 37.1 Å². The van der Waals surface area contributed by atoms with E-state index in [1.165, 1.54) is 6.08 Å². The van der Waals surface area contributed by atoms with Gasteiger partial charge in [0, 0.05) is 25.7 Å². The lowest BCUT2D eigenvalue weighted by atomic mass is 10.2. The van der Waals surface area contributed by atoms with Gasteiger partial charge in [-0.3, -0.25) is 4.79 Å². The largest absolute Gasteiger partial charge is 0.493 e. The van der Waals surface area contributed by atoms with Crippen LogP contribution in [0.1, 0.15) is 12.5 Å². The van der Waals surface area contributed by atoms with E-state index < -0.39 is 18.4 Å². The van der Waals surface area contributed by atoms with Crippen LogP contribution in [-0.2, 0) is 14.3 Å². The van der Waals surface area contributed by atoms with Gasteiger partial charge in [-0.1, -0.05) is 30.3 Å². The van der Waals surface area contributed by atoms with Crippen molar-refractivity contribution < 1.29 is 19.1 Å². The molecule has 0 radical (unpaired) electrons. The van der Waals surface area contributed by atoms with Crippen LogP contribution in [0.2, 0.25) is 0 Å².